The summed E-state index contributed by atoms with van der Waals surface area (Å²) in [6, 6.07) is 3.24. The fourth-order valence-electron chi connectivity index (χ4n) is 2.49. The largest absolute Gasteiger partial charge is 0.465 e. The van der Waals surface area contributed by atoms with Gasteiger partial charge in [-0.2, -0.15) is 0 Å². The summed E-state index contributed by atoms with van der Waals surface area (Å²) in [5, 5.41) is 19.6. The highest BCUT2D eigenvalue weighted by Crippen LogP contribution is 2.30. The minimum atomic E-state index is -1.07. The number of nitrogens with zero attached hydrogens (tertiary/aromatic N) is 1. The standard InChI is InChI=1S/C13H15ClFNO3/c14-9-5-8(6-10(15)7-9)12(17)11-3-1-2-4-16(11)13(18)19/h5-7,11-12,17H,1-4H2,(H,18,19)/t11-,12?/m0/s1. The average Bonchev–Trinajstić information content (AvgIpc) is 2.36. The molecule has 0 aliphatic carbocycles. The Kier molecular flexibility index (Phi) is 4.27. The molecule has 2 N–H and O–H groups in total. The first-order valence-electron chi connectivity index (χ1n) is 6.12. The van der Waals surface area contributed by atoms with Crippen LogP contribution >= 0.6 is 11.6 Å². The van der Waals surface area contributed by atoms with Crippen molar-refractivity contribution in [1.29, 1.82) is 0 Å². The minimum Gasteiger partial charge on any atom is -0.465 e. The summed E-state index contributed by atoms with van der Waals surface area (Å²) in [7, 11) is 0. The summed E-state index contributed by atoms with van der Waals surface area (Å²) in [4.78, 5) is 12.4. The van der Waals surface area contributed by atoms with E-state index >= 15 is 0 Å². The van der Waals surface area contributed by atoms with Crippen molar-refractivity contribution in [2.75, 3.05) is 6.54 Å². The van der Waals surface area contributed by atoms with Crippen LogP contribution in [0.3, 0.4) is 0 Å². The highest BCUT2D eigenvalue weighted by Gasteiger charge is 2.33. The summed E-state index contributed by atoms with van der Waals surface area (Å²) in [6.07, 6.45) is 0.0473. The molecule has 19 heavy (non-hydrogen) atoms. The molecule has 1 aromatic carbocycles. The number of hydrogen-bond donors (Lipinski definition) is 2. The first-order valence-corrected chi connectivity index (χ1v) is 6.50. The van der Waals surface area contributed by atoms with Gasteiger partial charge in [-0.3, -0.25) is 0 Å². The summed E-state index contributed by atoms with van der Waals surface area (Å²) in [5.74, 6) is -0.542. The van der Waals surface area contributed by atoms with E-state index in [0.29, 0.717) is 18.5 Å². The molecule has 1 amide bonds. The predicted octanol–water partition coefficient (Wildman–Crippen LogP) is 3.05. The summed E-state index contributed by atoms with van der Waals surface area (Å²) < 4.78 is 13.3. The third-order valence-corrected chi connectivity index (χ3v) is 3.60. The zero-order valence-electron chi connectivity index (χ0n) is 10.2. The van der Waals surface area contributed by atoms with Crippen molar-refractivity contribution in [3.05, 3.63) is 34.6 Å². The third kappa shape index (κ3) is 3.16. The van der Waals surface area contributed by atoms with Crippen LogP contribution in [0.4, 0.5) is 9.18 Å². The van der Waals surface area contributed by atoms with Crippen LogP contribution in [0, 0.1) is 5.82 Å². The summed E-state index contributed by atoms with van der Waals surface area (Å²) in [6.45, 7) is 0.389. The van der Waals surface area contributed by atoms with Crippen molar-refractivity contribution in [3.8, 4) is 0 Å². The van der Waals surface area contributed by atoms with E-state index in [1.54, 1.807) is 0 Å². The smallest absolute Gasteiger partial charge is 0.407 e. The minimum absolute atomic E-state index is 0.187. The van der Waals surface area contributed by atoms with Gasteiger partial charge in [0.2, 0.25) is 0 Å². The van der Waals surface area contributed by atoms with Gasteiger partial charge in [0.05, 0.1) is 12.1 Å². The first-order chi connectivity index (χ1) is 8.99. The van der Waals surface area contributed by atoms with E-state index in [1.165, 1.54) is 17.0 Å². The van der Waals surface area contributed by atoms with Crippen molar-refractivity contribution >= 4 is 17.7 Å². The molecule has 104 valence electrons. The topological polar surface area (TPSA) is 60.8 Å². The summed E-state index contributed by atoms with van der Waals surface area (Å²) in [5.41, 5.74) is 0.308. The number of carbonyl (C=O) groups is 1. The van der Waals surface area contributed by atoms with E-state index < -0.39 is 24.1 Å². The third-order valence-electron chi connectivity index (χ3n) is 3.39. The molecule has 1 heterocycles. The Bertz CT molecular complexity index is 463. The maximum Gasteiger partial charge on any atom is 0.407 e. The number of benzene rings is 1. The Hall–Kier alpha value is -1.33. The van der Waals surface area contributed by atoms with Crippen LogP contribution in [0.2, 0.25) is 5.02 Å². The molecule has 1 fully saturated rings. The molecular weight excluding hydrogens is 273 g/mol. The van der Waals surface area contributed by atoms with Gasteiger partial charge in [-0.25, -0.2) is 9.18 Å². The lowest BCUT2D eigenvalue weighted by atomic mass is 9.93. The number of halogens is 2. The average molecular weight is 288 g/mol. The fraction of sp³-hybridized carbons (Fsp3) is 0.462. The number of piperidine rings is 1. The van der Waals surface area contributed by atoms with Gasteiger partial charge in [0, 0.05) is 11.6 Å². The van der Waals surface area contributed by atoms with Gasteiger partial charge in [0.15, 0.2) is 0 Å². The molecule has 1 aromatic rings. The number of rotatable bonds is 2. The van der Waals surface area contributed by atoms with E-state index in [-0.39, 0.29) is 5.02 Å². The van der Waals surface area contributed by atoms with Crippen LogP contribution in [-0.4, -0.2) is 33.8 Å². The van der Waals surface area contributed by atoms with Crippen LogP contribution < -0.4 is 0 Å². The van der Waals surface area contributed by atoms with E-state index in [4.69, 9.17) is 16.7 Å². The van der Waals surface area contributed by atoms with Gasteiger partial charge < -0.3 is 15.1 Å². The van der Waals surface area contributed by atoms with Crippen molar-refractivity contribution in [2.24, 2.45) is 0 Å². The fourth-order valence-corrected chi connectivity index (χ4v) is 2.72. The molecule has 0 saturated carbocycles. The molecule has 1 unspecified atom stereocenters. The molecule has 1 aliphatic rings. The van der Waals surface area contributed by atoms with Gasteiger partial charge >= 0.3 is 6.09 Å². The molecule has 0 spiro atoms. The zero-order chi connectivity index (χ0) is 14.0. The highest BCUT2D eigenvalue weighted by atomic mass is 35.5. The number of carboxylic acid groups (broad SMARTS) is 1. The number of likely N-dealkylation sites (tertiary alicyclic amines) is 1. The normalized spacial score (nSPS) is 21.2. The van der Waals surface area contributed by atoms with Crippen LogP contribution in [-0.2, 0) is 0 Å². The second-order valence-electron chi connectivity index (χ2n) is 4.69. The molecule has 6 heteroatoms. The Morgan fingerprint density at radius 3 is 2.79 bits per heavy atom. The molecule has 0 bridgehead atoms. The lowest BCUT2D eigenvalue weighted by Gasteiger charge is -2.36. The second kappa shape index (κ2) is 5.75. The Morgan fingerprint density at radius 2 is 2.16 bits per heavy atom. The molecule has 1 saturated heterocycles. The van der Waals surface area contributed by atoms with Crippen molar-refractivity contribution in [2.45, 2.75) is 31.4 Å². The lowest BCUT2D eigenvalue weighted by molar-refractivity contribution is 0.0284. The number of amides is 1. The van der Waals surface area contributed by atoms with E-state index in [9.17, 15) is 14.3 Å². The quantitative estimate of drug-likeness (QED) is 0.879. The van der Waals surface area contributed by atoms with Crippen molar-refractivity contribution < 1.29 is 19.4 Å². The van der Waals surface area contributed by atoms with Gasteiger partial charge in [0.25, 0.3) is 0 Å². The maximum atomic E-state index is 13.3. The first kappa shape index (κ1) is 14.1. The van der Waals surface area contributed by atoms with Gasteiger partial charge in [-0.1, -0.05) is 11.6 Å². The molecule has 0 radical (unpaired) electrons. The molecule has 4 nitrogen and oxygen atoms in total. The Morgan fingerprint density at radius 1 is 1.42 bits per heavy atom. The predicted molar refractivity (Wildman–Crippen MR) is 68.7 cm³/mol. The van der Waals surface area contributed by atoms with Crippen LogP contribution in [0.1, 0.15) is 30.9 Å². The van der Waals surface area contributed by atoms with E-state index in [1.807, 2.05) is 0 Å². The van der Waals surface area contributed by atoms with Gasteiger partial charge in [-0.05, 0) is 43.0 Å². The van der Waals surface area contributed by atoms with Gasteiger partial charge in [0.1, 0.15) is 5.82 Å². The van der Waals surface area contributed by atoms with Crippen LogP contribution in [0.5, 0.6) is 0 Å². The molecule has 2 atom stereocenters. The lowest BCUT2D eigenvalue weighted by Crippen LogP contribution is -2.46. The number of aliphatic hydroxyl groups is 1. The van der Waals surface area contributed by atoms with Crippen LogP contribution in [0.15, 0.2) is 18.2 Å². The molecule has 1 aliphatic heterocycles. The monoisotopic (exact) mass is 287 g/mol. The highest BCUT2D eigenvalue weighted by molar-refractivity contribution is 6.30. The van der Waals surface area contributed by atoms with Crippen molar-refractivity contribution in [3.63, 3.8) is 0 Å². The summed E-state index contributed by atoms with van der Waals surface area (Å²) >= 11 is 5.75. The van der Waals surface area contributed by atoms with Gasteiger partial charge in [-0.15, -0.1) is 0 Å². The van der Waals surface area contributed by atoms with Crippen LogP contribution in [0.25, 0.3) is 0 Å². The zero-order valence-corrected chi connectivity index (χ0v) is 11.0. The molecule has 0 aromatic heterocycles. The number of aliphatic hydroxyl groups excluding tert-OH is 1. The van der Waals surface area contributed by atoms with Crippen molar-refractivity contribution in [1.82, 2.24) is 4.90 Å². The second-order valence-corrected chi connectivity index (χ2v) is 5.12. The SMILES string of the molecule is O=C(O)N1CCCC[C@H]1C(O)c1cc(F)cc(Cl)c1. The molecular formula is C13H15ClFNO3. The molecule has 2 rings (SSSR count). The maximum absolute atomic E-state index is 13.3. The van der Waals surface area contributed by atoms with E-state index in [2.05, 4.69) is 0 Å². The van der Waals surface area contributed by atoms with E-state index in [0.717, 1.165) is 18.9 Å². The number of hydrogen-bond acceptors (Lipinski definition) is 2. The Labute approximate surface area is 115 Å². The Balaban J connectivity index is 2.25.